The molecule has 0 unspecified atom stereocenters. The molecule has 120 valence electrons. The molecule has 0 radical (unpaired) electrons. The van der Waals surface area contributed by atoms with Crippen LogP contribution in [0.4, 0.5) is 9.18 Å². The largest absolute Gasteiger partial charge is 0.370 e. The predicted molar refractivity (Wildman–Crippen MR) is 89.0 cm³/mol. The topological polar surface area (TPSA) is 84.7 Å². The van der Waals surface area contributed by atoms with E-state index < -0.39 is 6.03 Å². The van der Waals surface area contributed by atoms with E-state index in [1.54, 1.807) is 17.0 Å². The van der Waals surface area contributed by atoms with Gasteiger partial charge >= 0.3 is 6.03 Å². The molecular weight excluding hydrogens is 295 g/mol. The van der Waals surface area contributed by atoms with E-state index in [2.05, 4.69) is 4.99 Å². The number of carbonyl (C=O) groups excluding carboxylic acids is 1. The van der Waals surface area contributed by atoms with Crippen LogP contribution in [0.2, 0.25) is 0 Å². The van der Waals surface area contributed by atoms with Crippen LogP contribution in [-0.2, 0) is 13.1 Å². The van der Waals surface area contributed by atoms with Gasteiger partial charge in [0.1, 0.15) is 5.82 Å². The molecule has 0 atom stereocenters. The molecule has 3 rings (SSSR count). The molecular formula is C17H19FN4O. The molecule has 2 aromatic carbocycles. The summed E-state index contributed by atoms with van der Waals surface area (Å²) in [6.07, 6.45) is 0. The van der Waals surface area contributed by atoms with E-state index in [4.69, 9.17) is 11.5 Å². The van der Waals surface area contributed by atoms with Gasteiger partial charge in [0.05, 0.1) is 0 Å². The fourth-order valence-corrected chi connectivity index (χ4v) is 2.64. The van der Waals surface area contributed by atoms with E-state index in [0.29, 0.717) is 13.1 Å². The van der Waals surface area contributed by atoms with E-state index in [1.807, 2.05) is 18.2 Å². The number of halogens is 1. The van der Waals surface area contributed by atoms with Gasteiger partial charge in [0.15, 0.2) is 5.96 Å². The fourth-order valence-electron chi connectivity index (χ4n) is 2.64. The van der Waals surface area contributed by atoms with E-state index in [-0.39, 0.29) is 19.2 Å². The smallest absolute Gasteiger partial charge is 0.347 e. The Balaban J connectivity index is 0.00000192. The van der Waals surface area contributed by atoms with Crippen LogP contribution < -0.4 is 11.5 Å². The summed E-state index contributed by atoms with van der Waals surface area (Å²) in [5, 5.41) is 0. The highest BCUT2D eigenvalue weighted by atomic mass is 19.1. The maximum absolute atomic E-state index is 13.1. The van der Waals surface area contributed by atoms with Gasteiger partial charge in [-0.15, -0.1) is 0 Å². The number of nitrogens with zero attached hydrogens (tertiary/aromatic N) is 2. The van der Waals surface area contributed by atoms with Gasteiger partial charge in [-0.25, -0.2) is 9.18 Å². The molecule has 0 spiro atoms. The molecule has 1 aliphatic heterocycles. The Morgan fingerprint density at radius 1 is 1.09 bits per heavy atom. The maximum atomic E-state index is 13.1. The minimum atomic E-state index is -0.457. The second-order valence-corrected chi connectivity index (χ2v) is 5.13. The maximum Gasteiger partial charge on any atom is 0.347 e. The van der Waals surface area contributed by atoms with Crippen molar-refractivity contribution in [1.82, 2.24) is 4.90 Å². The van der Waals surface area contributed by atoms with E-state index in [9.17, 15) is 9.18 Å². The highest BCUT2D eigenvalue weighted by Gasteiger charge is 2.25. The standard InChI is InChI=1S/C16H15FN4O.CH4/c17-12-6-4-10(5-7-12)13-3-1-2-11-8-21(9-14(11)13)16(22)20-15(18)19;/h1-7H,8-9H2,(H4,18,19,20,22);1H4. The van der Waals surface area contributed by atoms with Crippen LogP contribution in [0.5, 0.6) is 0 Å². The number of hydrogen-bond donors (Lipinski definition) is 2. The van der Waals surface area contributed by atoms with Crippen LogP contribution in [-0.4, -0.2) is 16.9 Å². The van der Waals surface area contributed by atoms with Crippen molar-refractivity contribution >= 4 is 12.0 Å². The van der Waals surface area contributed by atoms with Gasteiger partial charge in [-0.3, -0.25) is 0 Å². The first kappa shape index (κ1) is 16.5. The SMILES string of the molecule is C.NC(N)=NC(=O)N1Cc2cccc(-c3ccc(F)cc3)c2C1. The van der Waals surface area contributed by atoms with E-state index in [0.717, 1.165) is 22.3 Å². The zero-order chi connectivity index (χ0) is 15.7. The van der Waals surface area contributed by atoms with Crippen LogP contribution in [0.15, 0.2) is 47.5 Å². The Kier molecular flexibility index (Phi) is 4.64. The monoisotopic (exact) mass is 314 g/mol. The highest BCUT2D eigenvalue weighted by molar-refractivity contribution is 5.91. The number of fused-ring (bicyclic) bond motifs is 1. The first-order valence-corrected chi connectivity index (χ1v) is 6.80. The van der Waals surface area contributed by atoms with E-state index >= 15 is 0 Å². The number of hydrogen-bond acceptors (Lipinski definition) is 1. The van der Waals surface area contributed by atoms with Gasteiger partial charge in [-0.1, -0.05) is 37.8 Å². The van der Waals surface area contributed by atoms with Crippen molar-refractivity contribution < 1.29 is 9.18 Å². The van der Waals surface area contributed by atoms with Crippen molar-refractivity contribution in [1.29, 1.82) is 0 Å². The van der Waals surface area contributed by atoms with Gasteiger partial charge in [0.2, 0.25) is 0 Å². The second kappa shape index (κ2) is 6.48. The molecule has 2 amide bonds. The molecule has 5 nitrogen and oxygen atoms in total. The summed E-state index contributed by atoms with van der Waals surface area (Å²) in [6, 6.07) is 11.7. The third-order valence-electron chi connectivity index (χ3n) is 3.63. The van der Waals surface area contributed by atoms with Gasteiger partial charge in [-0.2, -0.15) is 4.99 Å². The van der Waals surface area contributed by atoms with Crippen molar-refractivity contribution in [3.05, 3.63) is 59.4 Å². The van der Waals surface area contributed by atoms with Crippen molar-refractivity contribution in [2.24, 2.45) is 16.5 Å². The summed E-state index contributed by atoms with van der Waals surface area (Å²) in [4.78, 5) is 17.1. The molecule has 0 fully saturated rings. The van der Waals surface area contributed by atoms with Crippen molar-refractivity contribution in [3.8, 4) is 11.1 Å². The van der Waals surface area contributed by atoms with Crippen LogP contribution in [0.3, 0.4) is 0 Å². The van der Waals surface area contributed by atoms with Gasteiger partial charge < -0.3 is 16.4 Å². The number of guanidine groups is 1. The van der Waals surface area contributed by atoms with Crippen molar-refractivity contribution in [2.75, 3.05) is 0 Å². The summed E-state index contributed by atoms with van der Waals surface area (Å²) in [5.74, 6) is -0.527. The third-order valence-corrected chi connectivity index (χ3v) is 3.63. The van der Waals surface area contributed by atoms with Crippen LogP contribution in [0, 0.1) is 5.82 Å². The van der Waals surface area contributed by atoms with Crippen molar-refractivity contribution in [2.45, 2.75) is 20.5 Å². The van der Waals surface area contributed by atoms with Crippen LogP contribution >= 0.6 is 0 Å². The zero-order valence-corrected chi connectivity index (χ0v) is 11.8. The van der Waals surface area contributed by atoms with Crippen LogP contribution in [0.1, 0.15) is 18.6 Å². The predicted octanol–water partition coefficient (Wildman–Crippen LogP) is 2.84. The first-order chi connectivity index (χ1) is 10.5. The number of carbonyl (C=O) groups is 1. The lowest BCUT2D eigenvalue weighted by Crippen LogP contribution is -2.29. The lowest BCUT2D eigenvalue weighted by Gasteiger charge is -2.12. The average molecular weight is 314 g/mol. The van der Waals surface area contributed by atoms with Crippen LogP contribution in [0.25, 0.3) is 11.1 Å². The fraction of sp³-hybridized carbons (Fsp3) is 0.176. The lowest BCUT2D eigenvalue weighted by molar-refractivity contribution is 0.209. The molecule has 0 aromatic heterocycles. The van der Waals surface area contributed by atoms with Gasteiger partial charge in [-0.05, 0) is 34.4 Å². The number of nitrogens with two attached hydrogens (primary N) is 2. The van der Waals surface area contributed by atoms with E-state index in [1.165, 1.54) is 12.1 Å². The molecule has 4 N–H and O–H groups in total. The number of aliphatic imine (C=N–C) groups is 1. The summed E-state index contributed by atoms with van der Waals surface area (Å²) >= 11 is 0. The number of benzene rings is 2. The molecule has 0 aliphatic carbocycles. The number of amides is 2. The molecule has 2 aromatic rings. The van der Waals surface area contributed by atoms with Gasteiger partial charge in [0.25, 0.3) is 0 Å². The Bertz CT molecular complexity index is 752. The Morgan fingerprint density at radius 3 is 2.43 bits per heavy atom. The molecule has 0 saturated heterocycles. The summed E-state index contributed by atoms with van der Waals surface area (Å²) in [6.45, 7) is 0.887. The quantitative estimate of drug-likeness (QED) is 0.627. The van der Waals surface area contributed by atoms with Crippen molar-refractivity contribution in [3.63, 3.8) is 0 Å². The number of rotatable bonds is 1. The molecule has 23 heavy (non-hydrogen) atoms. The second-order valence-electron chi connectivity index (χ2n) is 5.13. The Labute approximate surface area is 134 Å². The Morgan fingerprint density at radius 2 is 1.78 bits per heavy atom. The average Bonchev–Trinajstić information content (AvgIpc) is 2.91. The first-order valence-electron chi connectivity index (χ1n) is 6.80. The lowest BCUT2D eigenvalue weighted by atomic mass is 9.97. The third kappa shape index (κ3) is 3.31. The Hall–Kier alpha value is -2.89. The molecule has 1 aliphatic rings. The normalized spacial score (nSPS) is 12.3. The molecule has 0 bridgehead atoms. The number of urea groups is 1. The summed E-state index contributed by atoms with van der Waals surface area (Å²) < 4.78 is 13.1. The van der Waals surface area contributed by atoms with Gasteiger partial charge in [0, 0.05) is 13.1 Å². The summed E-state index contributed by atoms with van der Waals surface area (Å²) in [7, 11) is 0. The minimum Gasteiger partial charge on any atom is -0.370 e. The molecule has 0 saturated carbocycles. The zero-order valence-electron chi connectivity index (χ0n) is 11.8. The molecule has 1 heterocycles. The minimum absolute atomic E-state index is 0. The molecule has 6 heteroatoms. The highest BCUT2D eigenvalue weighted by Crippen LogP contribution is 2.33. The summed E-state index contributed by atoms with van der Waals surface area (Å²) in [5.41, 5.74) is 14.5.